The lowest BCUT2D eigenvalue weighted by Gasteiger charge is -2.10. The fraction of sp³-hybridized carbons (Fsp3) is 0.211. The highest BCUT2D eigenvalue weighted by Gasteiger charge is 2.19. The lowest BCUT2D eigenvalue weighted by atomic mass is 10.2. The van der Waals surface area contributed by atoms with E-state index in [0.717, 1.165) is 20.3 Å². The molecule has 0 fully saturated rings. The fourth-order valence-electron chi connectivity index (χ4n) is 2.76. The zero-order valence-electron chi connectivity index (χ0n) is 15.2. The summed E-state index contributed by atoms with van der Waals surface area (Å²) in [6.45, 7) is 0.548. The van der Waals surface area contributed by atoms with E-state index in [1.54, 1.807) is 35.9 Å². The number of quaternary nitrogens is 1. The first-order chi connectivity index (χ1) is 12.9. The van der Waals surface area contributed by atoms with Crippen molar-refractivity contribution in [3.63, 3.8) is 0 Å². The van der Waals surface area contributed by atoms with Crippen molar-refractivity contribution < 1.29 is 19.5 Å². The number of nitrogens with zero attached hydrogens (tertiary/aromatic N) is 3. The van der Waals surface area contributed by atoms with Crippen LogP contribution in [-0.2, 0) is 6.67 Å². The summed E-state index contributed by atoms with van der Waals surface area (Å²) in [5, 5.41) is 19.2. The fourth-order valence-corrected chi connectivity index (χ4v) is 3.12. The van der Waals surface area contributed by atoms with E-state index in [1.807, 2.05) is 32.3 Å². The van der Waals surface area contributed by atoms with E-state index in [1.165, 1.54) is 0 Å². The van der Waals surface area contributed by atoms with Gasteiger partial charge in [-0.25, -0.2) is 0 Å². The van der Waals surface area contributed by atoms with Crippen LogP contribution in [-0.4, -0.2) is 36.8 Å². The van der Waals surface area contributed by atoms with Crippen LogP contribution in [0.2, 0.25) is 0 Å². The molecule has 1 heterocycles. The number of methoxy groups -OCH3 is 1. The number of carbonyl (C=O) groups excluding carboxylic acids is 1. The molecule has 0 radical (unpaired) electrons. The van der Waals surface area contributed by atoms with Gasteiger partial charge < -0.3 is 14.7 Å². The van der Waals surface area contributed by atoms with Gasteiger partial charge in [-0.2, -0.15) is 0 Å². The molecule has 8 heteroatoms. The number of azo groups is 1. The number of aromatic nitrogens is 1. The standard InChI is InChI=1S/C19H19BrN4O3/c1-23(2)11-24-16-9-6-13(20)10-15(16)17(19(24)26)21-22-18(25)12-4-7-14(27-3)8-5-12/h4-10,26H,11H2,1-3H3/p+1. The number of carbonyl (C=O) groups is 1. The molecule has 3 aromatic rings. The summed E-state index contributed by atoms with van der Waals surface area (Å²) in [4.78, 5) is 13.4. The van der Waals surface area contributed by atoms with Gasteiger partial charge in [0.05, 0.1) is 26.7 Å². The molecule has 3 rings (SSSR count). The van der Waals surface area contributed by atoms with Crippen molar-refractivity contribution in [2.45, 2.75) is 6.67 Å². The van der Waals surface area contributed by atoms with Crippen molar-refractivity contribution in [1.29, 1.82) is 0 Å². The molecule has 0 saturated carbocycles. The van der Waals surface area contributed by atoms with Crippen LogP contribution in [0.3, 0.4) is 0 Å². The van der Waals surface area contributed by atoms with Crippen LogP contribution in [0.5, 0.6) is 11.6 Å². The Balaban J connectivity index is 2.00. The van der Waals surface area contributed by atoms with Gasteiger partial charge in [0.15, 0.2) is 12.4 Å². The quantitative estimate of drug-likeness (QED) is 0.608. The highest BCUT2D eigenvalue weighted by atomic mass is 79.9. The Hall–Kier alpha value is -2.71. The third kappa shape index (κ3) is 4.01. The minimum Gasteiger partial charge on any atom is -0.497 e. The summed E-state index contributed by atoms with van der Waals surface area (Å²) in [5.74, 6) is 0.141. The summed E-state index contributed by atoms with van der Waals surface area (Å²) in [6, 6.07) is 12.2. The first-order valence-corrected chi connectivity index (χ1v) is 9.10. The van der Waals surface area contributed by atoms with Gasteiger partial charge in [-0.3, -0.25) is 9.36 Å². The normalized spacial score (nSPS) is 11.6. The van der Waals surface area contributed by atoms with Crippen LogP contribution < -0.4 is 9.64 Å². The summed E-state index contributed by atoms with van der Waals surface area (Å²) in [7, 11) is 5.53. The zero-order chi connectivity index (χ0) is 19.6. The SMILES string of the molecule is COc1ccc(C(=O)N=Nc2c(O)n(C[NH+](C)C)c3ccc(Br)cc23)cc1. The Morgan fingerprint density at radius 3 is 2.56 bits per heavy atom. The van der Waals surface area contributed by atoms with E-state index in [4.69, 9.17) is 4.74 Å². The van der Waals surface area contributed by atoms with Gasteiger partial charge in [0, 0.05) is 15.4 Å². The Morgan fingerprint density at radius 2 is 1.93 bits per heavy atom. The number of amides is 1. The maximum absolute atomic E-state index is 12.3. The highest BCUT2D eigenvalue weighted by Crippen LogP contribution is 2.39. The minimum absolute atomic E-state index is 0.0180. The third-order valence-corrected chi connectivity index (χ3v) is 4.52. The lowest BCUT2D eigenvalue weighted by molar-refractivity contribution is -0.882. The molecule has 0 aliphatic carbocycles. The van der Waals surface area contributed by atoms with Crippen molar-refractivity contribution in [1.82, 2.24) is 4.57 Å². The van der Waals surface area contributed by atoms with Gasteiger partial charge >= 0.3 is 0 Å². The molecule has 1 amide bonds. The van der Waals surface area contributed by atoms with Crippen molar-refractivity contribution in [2.24, 2.45) is 10.2 Å². The maximum Gasteiger partial charge on any atom is 0.295 e. The molecular weight excluding hydrogens is 412 g/mol. The van der Waals surface area contributed by atoms with Crippen LogP contribution in [0, 0.1) is 0 Å². The summed E-state index contributed by atoms with van der Waals surface area (Å²) in [6.07, 6.45) is 0. The topological polar surface area (TPSA) is 80.6 Å². The Labute approximate surface area is 165 Å². The van der Waals surface area contributed by atoms with Gasteiger partial charge in [0.2, 0.25) is 5.88 Å². The minimum atomic E-state index is -0.494. The maximum atomic E-state index is 12.3. The van der Waals surface area contributed by atoms with E-state index in [-0.39, 0.29) is 11.6 Å². The number of halogens is 1. The molecule has 0 unspecified atom stereocenters. The highest BCUT2D eigenvalue weighted by molar-refractivity contribution is 9.10. The molecular formula is C19H20BrN4O3+. The molecule has 7 nitrogen and oxygen atoms in total. The monoisotopic (exact) mass is 431 g/mol. The summed E-state index contributed by atoms with van der Waals surface area (Å²) < 4.78 is 7.68. The number of ether oxygens (including phenoxy) is 1. The Kier molecular flexibility index (Phi) is 5.57. The van der Waals surface area contributed by atoms with E-state index < -0.39 is 5.91 Å². The van der Waals surface area contributed by atoms with Crippen LogP contribution in [0.1, 0.15) is 10.4 Å². The predicted octanol–water partition coefficient (Wildman–Crippen LogP) is 3.14. The molecule has 0 atom stereocenters. The molecule has 0 saturated heterocycles. The van der Waals surface area contributed by atoms with Crippen molar-refractivity contribution in [2.75, 3.05) is 21.2 Å². The summed E-state index contributed by atoms with van der Waals surface area (Å²) >= 11 is 3.43. The molecule has 0 aliphatic heterocycles. The molecule has 27 heavy (non-hydrogen) atoms. The van der Waals surface area contributed by atoms with Gasteiger partial charge in [-0.15, -0.1) is 10.2 Å². The van der Waals surface area contributed by atoms with Gasteiger partial charge in [0.1, 0.15) is 5.75 Å². The average Bonchev–Trinajstić information content (AvgIpc) is 2.90. The molecule has 0 spiro atoms. The number of nitrogens with one attached hydrogen (secondary N) is 1. The van der Waals surface area contributed by atoms with Gasteiger partial charge in [-0.1, -0.05) is 15.9 Å². The third-order valence-electron chi connectivity index (χ3n) is 4.02. The van der Waals surface area contributed by atoms with E-state index in [0.29, 0.717) is 18.0 Å². The van der Waals surface area contributed by atoms with E-state index in [2.05, 4.69) is 26.2 Å². The second-order valence-corrected chi connectivity index (χ2v) is 7.28. The molecule has 140 valence electrons. The van der Waals surface area contributed by atoms with Crippen LogP contribution in [0.25, 0.3) is 10.9 Å². The number of rotatable bonds is 5. The van der Waals surface area contributed by atoms with E-state index in [9.17, 15) is 9.90 Å². The smallest absolute Gasteiger partial charge is 0.295 e. The molecule has 2 N–H and O–H groups in total. The molecule has 0 bridgehead atoms. The van der Waals surface area contributed by atoms with Crippen molar-refractivity contribution in [3.8, 4) is 11.6 Å². The first kappa shape index (κ1) is 19.1. The second kappa shape index (κ2) is 7.89. The largest absolute Gasteiger partial charge is 0.497 e. The summed E-state index contributed by atoms with van der Waals surface area (Å²) in [5.41, 5.74) is 1.49. The second-order valence-electron chi connectivity index (χ2n) is 6.36. The number of hydrogen-bond acceptors (Lipinski definition) is 4. The van der Waals surface area contributed by atoms with E-state index >= 15 is 0 Å². The van der Waals surface area contributed by atoms with Crippen LogP contribution >= 0.6 is 15.9 Å². The van der Waals surface area contributed by atoms with Gasteiger partial charge in [-0.05, 0) is 42.5 Å². The predicted molar refractivity (Wildman–Crippen MR) is 106 cm³/mol. The first-order valence-electron chi connectivity index (χ1n) is 8.30. The Bertz CT molecular complexity index is 1010. The number of aromatic hydroxyl groups is 1. The van der Waals surface area contributed by atoms with Crippen molar-refractivity contribution >= 4 is 38.4 Å². The molecule has 2 aromatic carbocycles. The number of benzene rings is 2. The molecule has 0 aliphatic rings. The van der Waals surface area contributed by atoms with Crippen LogP contribution in [0.4, 0.5) is 5.69 Å². The van der Waals surface area contributed by atoms with Crippen LogP contribution in [0.15, 0.2) is 57.2 Å². The lowest BCUT2D eigenvalue weighted by Crippen LogP contribution is -3.04. The molecule has 1 aromatic heterocycles. The average molecular weight is 432 g/mol. The van der Waals surface area contributed by atoms with Crippen molar-refractivity contribution in [3.05, 3.63) is 52.5 Å². The number of fused-ring (bicyclic) bond motifs is 1. The number of hydrogen-bond donors (Lipinski definition) is 2. The van der Waals surface area contributed by atoms with Gasteiger partial charge in [0.25, 0.3) is 5.91 Å². The zero-order valence-corrected chi connectivity index (χ0v) is 16.8. The Morgan fingerprint density at radius 1 is 1.22 bits per heavy atom.